The number of hydrogen-bond donors (Lipinski definition) is 2. The number of rotatable bonds is 7. The molecular weight excluding hydrogens is 400 g/mol. The number of aromatic amines is 1. The lowest BCUT2D eigenvalue weighted by Gasteiger charge is -2.10. The van der Waals surface area contributed by atoms with E-state index in [1.165, 1.54) is 17.8 Å². The fraction of sp³-hybridized carbons (Fsp3) is 0.190. The zero-order valence-electron chi connectivity index (χ0n) is 16.5. The minimum Gasteiger partial charge on any atom is -0.494 e. The van der Waals surface area contributed by atoms with Crippen molar-refractivity contribution < 1.29 is 4.74 Å². The summed E-state index contributed by atoms with van der Waals surface area (Å²) in [6.45, 7) is 4.44. The quantitative estimate of drug-likeness (QED) is 0.434. The van der Waals surface area contributed by atoms with E-state index in [1.54, 1.807) is 6.20 Å². The Bertz CT molecular complexity index is 1230. The van der Waals surface area contributed by atoms with Crippen molar-refractivity contribution in [2.75, 3.05) is 11.9 Å². The number of ether oxygens (including phenoxy) is 1. The van der Waals surface area contributed by atoms with Crippen LogP contribution in [0.25, 0.3) is 10.9 Å². The summed E-state index contributed by atoms with van der Waals surface area (Å²) in [5, 5.41) is 4.79. The van der Waals surface area contributed by atoms with Crippen LogP contribution < -0.4 is 15.6 Å². The molecule has 0 fully saturated rings. The van der Waals surface area contributed by atoms with Gasteiger partial charge < -0.3 is 4.74 Å². The summed E-state index contributed by atoms with van der Waals surface area (Å²) >= 11 is 1.51. The molecule has 30 heavy (non-hydrogen) atoms. The Morgan fingerprint density at radius 2 is 2.03 bits per heavy atom. The Balaban J connectivity index is 1.56. The van der Waals surface area contributed by atoms with Crippen molar-refractivity contribution >= 4 is 34.6 Å². The molecule has 2 N–H and O–H groups in total. The van der Waals surface area contributed by atoms with E-state index >= 15 is 0 Å². The molecule has 0 spiro atoms. The van der Waals surface area contributed by atoms with Gasteiger partial charge in [0.25, 0.3) is 5.56 Å². The summed E-state index contributed by atoms with van der Waals surface area (Å²) in [6.07, 6.45) is 1.73. The summed E-state index contributed by atoms with van der Waals surface area (Å²) < 4.78 is 5.55. The van der Waals surface area contributed by atoms with Crippen LogP contribution >= 0.6 is 11.8 Å². The zero-order valence-corrected chi connectivity index (χ0v) is 17.4. The monoisotopic (exact) mass is 420 g/mol. The fourth-order valence-corrected chi connectivity index (χ4v) is 3.65. The van der Waals surface area contributed by atoms with Crippen LogP contribution in [-0.4, -0.2) is 31.5 Å². The van der Waals surface area contributed by atoms with Crippen LogP contribution in [0, 0.1) is 6.92 Å². The number of hydrogen-bond acceptors (Lipinski definition) is 8. The van der Waals surface area contributed by atoms with Gasteiger partial charge in [-0.2, -0.15) is 0 Å². The fourth-order valence-electron chi connectivity index (χ4n) is 2.90. The van der Waals surface area contributed by atoms with E-state index in [0.29, 0.717) is 30.0 Å². The van der Waals surface area contributed by atoms with Crippen molar-refractivity contribution in [1.82, 2.24) is 24.9 Å². The average Bonchev–Trinajstić information content (AvgIpc) is 2.73. The van der Waals surface area contributed by atoms with Crippen LogP contribution in [0.15, 0.2) is 58.5 Å². The second kappa shape index (κ2) is 8.91. The SMILES string of the molecule is CCOc1ccc2nc(Nc3nc(CSc4ccccn4)cc(=O)[nH]3)nc(C)c2c1. The van der Waals surface area contributed by atoms with E-state index in [-0.39, 0.29) is 5.56 Å². The van der Waals surface area contributed by atoms with Gasteiger partial charge in [-0.05, 0) is 44.2 Å². The van der Waals surface area contributed by atoms with E-state index < -0.39 is 0 Å². The molecule has 0 aliphatic rings. The molecule has 0 aliphatic heterocycles. The van der Waals surface area contributed by atoms with Gasteiger partial charge in [-0.3, -0.25) is 15.1 Å². The molecule has 8 nitrogen and oxygen atoms in total. The third kappa shape index (κ3) is 4.74. The Morgan fingerprint density at radius 1 is 1.13 bits per heavy atom. The molecule has 0 aliphatic carbocycles. The Labute approximate surface area is 177 Å². The summed E-state index contributed by atoms with van der Waals surface area (Å²) in [5.74, 6) is 1.96. The first-order valence-electron chi connectivity index (χ1n) is 9.43. The molecule has 0 atom stereocenters. The predicted molar refractivity (Wildman–Crippen MR) is 117 cm³/mol. The van der Waals surface area contributed by atoms with Crippen molar-refractivity contribution in [3.05, 3.63) is 70.4 Å². The predicted octanol–water partition coefficient (Wildman–Crippen LogP) is 3.85. The summed E-state index contributed by atoms with van der Waals surface area (Å²) in [4.78, 5) is 32.5. The summed E-state index contributed by atoms with van der Waals surface area (Å²) in [6, 6.07) is 12.9. The first kappa shape index (κ1) is 19.8. The molecule has 3 heterocycles. The number of nitrogens with one attached hydrogen (secondary N) is 2. The minimum absolute atomic E-state index is 0.247. The summed E-state index contributed by atoms with van der Waals surface area (Å²) in [5.41, 5.74) is 1.96. The largest absolute Gasteiger partial charge is 0.494 e. The molecule has 152 valence electrons. The van der Waals surface area contributed by atoms with Crippen molar-refractivity contribution in [2.24, 2.45) is 0 Å². The molecule has 1 aromatic carbocycles. The third-order valence-corrected chi connectivity index (χ3v) is 5.18. The highest BCUT2D eigenvalue weighted by atomic mass is 32.2. The minimum atomic E-state index is -0.247. The second-order valence-electron chi connectivity index (χ2n) is 6.41. The van der Waals surface area contributed by atoms with Gasteiger partial charge in [-0.15, -0.1) is 11.8 Å². The molecular formula is C21H20N6O2S. The lowest BCUT2D eigenvalue weighted by atomic mass is 10.2. The van der Waals surface area contributed by atoms with Gasteiger partial charge in [0, 0.05) is 23.4 Å². The van der Waals surface area contributed by atoms with E-state index in [0.717, 1.165) is 27.4 Å². The number of aryl methyl sites for hydroxylation is 1. The first-order valence-corrected chi connectivity index (χ1v) is 10.4. The number of anilines is 2. The van der Waals surface area contributed by atoms with Crippen molar-refractivity contribution in [3.8, 4) is 5.75 Å². The average molecular weight is 420 g/mol. The smallest absolute Gasteiger partial charge is 0.252 e. The van der Waals surface area contributed by atoms with E-state index in [9.17, 15) is 4.79 Å². The van der Waals surface area contributed by atoms with Crippen LogP contribution in [0.1, 0.15) is 18.3 Å². The zero-order chi connectivity index (χ0) is 20.9. The number of H-pyrrole nitrogens is 1. The molecule has 0 unspecified atom stereocenters. The van der Waals surface area contributed by atoms with E-state index in [1.807, 2.05) is 50.2 Å². The molecule has 0 bridgehead atoms. The number of pyridine rings is 1. The van der Waals surface area contributed by atoms with E-state index in [4.69, 9.17) is 4.74 Å². The van der Waals surface area contributed by atoms with Gasteiger partial charge in [0.1, 0.15) is 5.75 Å². The summed E-state index contributed by atoms with van der Waals surface area (Å²) in [7, 11) is 0. The molecule has 0 saturated carbocycles. The van der Waals surface area contributed by atoms with Gasteiger partial charge in [0.15, 0.2) is 0 Å². The maximum atomic E-state index is 12.1. The number of nitrogens with zero attached hydrogens (tertiary/aromatic N) is 4. The first-order chi connectivity index (χ1) is 14.6. The molecule has 0 amide bonds. The van der Waals surface area contributed by atoms with Crippen LogP contribution in [0.5, 0.6) is 5.75 Å². The Hall–Kier alpha value is -3.46. The van der Waals surface area contributed by atoms with Gasteiger partial charge in [-0.25, -0.2) is 19.9 Å². The highest BCUT2D eigenvalue weighted by molar-refractivity contribution is 7.98. The lowest BCUT2D eigenvalue weighted by Crippen LogP contribution is -2.13. The molecule has 3 aromatic heterocycles. The lowest BCUT2D eigenvalue weighted by molar-refractivity contribution is 0.340. The molecule has 4 rings (SSSR count). The maximum absolute atomic E-state index is 12.1. The van der Waals surface area contributed by atoms with Crippen LogP contribution in [-0.2, 0) is 5.75 Å². The second-order valence-corrected chi connectivity index (χ2v) is 7.41. The highest BCUT2D eigenvalue weighted by Crippen LogP contribution is 2.24. The van der Waals surface area contributed by atoms with Gasteiger partial charge in [0.05, 0.1) is 28.5 Å². The number of thioether (sulfide) groups is 1. The third-order valence-electron chi connectivity index (χ3n) is 4.20. The molecule has 4 aromatic rings. The standard InChI is InChI=1S/C21H20N6O2S/c1-3-29-15-7-8-17-16(11-15)13(2)23-20(25-17)27-21-24-14(10-18(28)26-21)12-30-19-6-4-5-9-22-19/h4-11H,3,12H2,1-2H3,(H2,23,24,25,26,27,28). The molecule has 0 radical (unpaired) electrons. The van der Waals surface area contributed by atoms with Crippen LogP contribution in [0.2, 0.25) is 0 Å². The Morgan fingerprint density at radius 3 is 2.83 bits per heavy atom. The van der Waals surface area contributed by atoms with Crippen molar-refractivity contribution in [1.29, 1.82) is 0 Å². The van der Waals surface area contributed by atoms with Crippen molar-refractivity contribution in [3.63, 3.8) is 0 Å². The molecule has 9 heteroatoms. The van der Waals surface area contributed by atoms with Gasteiger partial charge >= 0.3 is 0 Å². The number of benzene rings is 1. The Kier molecular flexibility index (Phi) is 5.89. The maximum Gasteiger partial charge on any atom is 0.252 e. The van der Waals surface area contributed by atoms with E-state index in [2.05, 4.69) is 30.2 Å². The van der Waals surface area contributed by atoms with Crippen molar-refractivity contribution in [2.45, 2.75) is 24.6 Å². The topological polar surface area (TPSA) is 106 Å². The van der Waals surface area contributed by atoms with Crippen LogP contribution in [0.4, 0.5) is 11.9 Å². The highest BCUT2D eigenvalue weighted by Gasteiger charge is 2.09. The van der Waals surface area contributed by atoms with Gasteiger partial charge in [-0.1, -0.05) is 6.07 Å². The van der Waals surface area contributed by atoms with Gasteiger partial charge in [0.2, 0.25) is 11.9 Å². The number of fused-ring (bicyclic) bond motifs is 1. The number of aromatic nitrogens is 5. The molecule has 0 saturated heterocycles. The van der Waals surface area contributed by atoms with Crippen LogP contribution in [0.3, 0.4) is 0 Å². The normalized spacial score (nSPS) is 10.9.